The molecule has 1 saturated carbocycles. The van der Waals surface area contributed by atoms with Crippen LogP contribution in [0.4, 0.5) is 5.69 Å². The molecular weight excluding hydrogens is 390 g/mol. The zero-order chi connectivity index (χ0) is 16.7. The van der Waals surface area contributed by atoms with E-state index < -0.39 is 10.0 Å². The van der Waals surface area contributed by atoms with E-state index >= 15 is 0 Å². The molecule has 4 rings (SSSR count). The normalized spacial score (nSPS) is 20.4. The van der Waals surface area contributed by atoms with Gasteiger partial charge in [0.25, 0.3) is 0 Å². The number of rotatable bonds is 4. The van der Waals surface area contributed by atoms with Crippen molar-refractivity contribution in [2.24, 2.45) is 0 Å². The molecule has 0 unspecified atom stereocenters. The maximum absolute atomic E-state index is 12.3. The Morgan fingerprint density at radius 2 is 1.88 bits per heavy atom. The lowest BCUT2D eigenvalue weighted by molar-refractivity contribution is 0.329. The van der Waals surface area contributed by atoms with Gasteiger partial charge in [-0.25, -0.2) is 12.7 Å². The third-order valence-corrected chi connectivity index (χ3v) is 7.72. The number of nitrogens with zero attached hydrogens (tertiary/aromatic N) is 2. The minimum atomic E-state index is -3.03. The van der Waals surface area contributed by atoms with Crippen LogP contribution < -0.4 is 5.32 Å². The highest BCUT2D eigenvalue weighted by Crippen LogP contribution is 2.33. The first kappa shape index (κ1) is 16.3. The number of aromatic nitrogens is 1. The predicted octanol–water partition coefficient (Wildman–Crippen LogP) is 3.37. The lowest BCUT2D eigenvalue weighted by atomic mass is 10.1. The van der Waals surface area contributed by atoms with Crippen LogP contribution in [0.3, 0.4) is 0 Å². The van der Waals surface area contributed by atoms with Gasteiger partial charge in [-0.2, -0.15) is 0 Å². The number of pyridine rings is 1. The van der Waals surface area contributed by atoms with Crippen LogP contribution in [-0.2, 0) is 10.0 Å². The van der Waals surface area contributed by atoms with Crippen LogP contribution in [0.5, 0.6) is 0 Å². The third-order valence-electron chi connectivity index (χ3n) is 4.82. The molecule has 2 aliphatic rings. The van der Waals surface area contributed by atoms with E-state index in [1.807, 2.05) is 24.4 Å². The van der Waals surface area contributed by atoms with Gasteiger partial charge in [0.15, 0.2) is 0 Å². The van der Waals surface area contributed by atoms with Crippen molar-refractivity contribution in [1.29, 1.82) is 0 Å². The van der Waals surface area contributed by atoms with Crippen molar-refractivity contribution in [1.82, 2.24) is 9.29 Å². The molecule has 128 valence electrons. The number of anilines is 1. The zero-order valence-corrected chi connectivity index (χ0v) is 15.7. The van der Waals surface area contributed by atoms with Gasteiger partial charge in [-0.1, -0.05) is 15.9 Å². The number of nitrogens with one attached hydrogen (secondary N) is 1. The van der Waals surface area contributed by atoms with Gasteiger partial charge in [-0.3, -0.25) is 4.98 Å². The van der Waals surface area contributed by atoms with Gasteiger partial charge >= 0.3 is 0 Å². The Kier molecular flexibility index (Phi) is 4.26. The van der Waals surface area contributed by atoms with Crippen molar-refractivity contribution in [2.75, 3.05) is 18.4 Å². The van der Waals surface area contributed by atoms with Crippen LogP contribution in [0.15, 0.2) is 34.9 Å². The Hall–Kier alpha value is -1.18. The Labute approximate surface area is 150 Å². The maximum Gasteiger partial charge on any atom is 0.216 e. The second-order valence-corrected chi connectivity index (χ2v) is 9.71. The van der Waals surface area contributed by atoms with Crippen molar-refractivity contribution >= 4 is 42.5 Å². The number of halogens is 1. The summed E-state index contributed by atoms with van der Waals surface area (Å²) < 4.78 is 27.3. The SMILES string of the molecule is O=S(=O)(C1CC1)N1CCC(Nc2ccnc3cc(Br)ccc23)CC1. The molecule has 0 bridgehead atoms. The summed E-state index contributed by atoms with van der Waals surface area (Å²) in [6.45, 7) is 1.23. The van der Waals surface area contributed by atoms with Crippen LogP contribution in [0.1, 0.15) is 25.7 Å². The quantitative estimate of drug-likeness (QED) is 0.840. The Balaban J connectivity index is 1.46. The predicted molar refractivity (Wildman–Crippen MR) is 99.6 cm³/mol. The first-order valence-corrected chi connectivity index (χ1v) is 10.6. The molecular formula is C17H20BrN3O2S. The molecule has 1 aromatic carbocycles. The number of sulfonamides is 1. The molecule has 24 heavy (non-hydrogen) atoms. The second kappa shape index (κ2) is 6.28. The largest absolute Gasteiger partial charge is 0.382 e. The van der Waals surface area contributed by atoms with Crippen molar-refractivity contribution in [2.45, 2.75) is 37.0 Å². The molecule has 2 heterocycles. The maximum atomic E-state index is 12.3. The fourth-order valence-electron chi connectivity index (χ4n) is 3.30. The highest BCUT2D eigenvalue weighted by Gasteiger charge is 2.41. The second-order valence-electron chi connectivity index (χ2n) is 6.58. The van der Waals surface area contributed by atoms with Crippen molar-refractivity contribution in [3.8, 4) is 0 Å². The minimum Gasteiger partial charge on any atom is -0.382 e. The molecule has 1 N–H and O–H groups in total. The highest BCUT2D eigenvalue weighted by atomic mass is 79.9. The van der Waals surface area contributed by atoms with E-state index in [2.05, 4.69) is 32.3 Å². The molecule has 2 aromatic rings. The monoisotopic (exact) mass is 409 g/mol. The number of benzene rings is 1. The van der Waals surface area contributed by atoms with Gasteiger partial charge in [-0.05, 0) is 49.9 Å². The van der Waals surface area contributed by atoms with E-state index in [-0.39, 0.29) is 5.25 Å². The summed E-state index contributed by atoms with van der Waals surface area (Å²) in [6.07, 6.45) is 5.15. The first-order chi connectivity index (χ1) is 11.5. The summed E-state index contributed by atoms with van der Waals surface area (Å²) in [6, 6.07) is 8.36. The molecule has 5 nitrogen and oxygen atoms in total. The summed E-state index contributed by atoms with van der Waals surface area (Å²) >= 11 is 3.47. The van der Waals surface area contributed by atoms with Gasteiger partial charge in [0, 0.05) is 40.9 Å². The molecule has 1 saturated heterocycles. The average Bonchev–Trinajstić information content (AvgIpc) is 3.41. The van der Waals surface area contributed by atoms with Crippen LogP contribution in [0, 0.1) is 0 Å². The zero-order valence-electron chi connectivity index (χ0n) is 13.3. The number of hydrogen-bond donors (Lipinski definition) is 1. The molecule has 1 aromatic heterocycles. The molecule has 2 fully saturated rings. The Bertz CT molecular complexity index is 859. The summed E-state index contributed by atoms with van der Waals surface area (Å²) in [4.78, 5) is 4.41. The highest BCUT2D eigenvalue weighted by molar-refractivity contribution is 9.10. The van der Waals surface area contributed by atoms with Crippen LogP contribution >= 0.6 is 15.9 Å². The lowest BCUT2D eigenvalue weighted by Crippen LogP contribution is -2.43. The lowest BCUT2D eigenvalue weighted by Gasteiger charge is -2.32. The van der Waals surface area contributed by atoms with Gasteiger partial charge in [0.2, 0.25) is 10.0 Å². The fourth-order valence-corrected chi connectivity index (χ4v) is 5.52. The Morgan fingerprint density at radius 1 is 1.12 bits per heavy atom. The van der Waals surface area contributed by atoms with Crippen LogP contribution in [-0.4, -0.2) is 42.1 Å². The fraction of sp³-hybridized carbons (Fsp3) is 0.471. The molecule has 0 radical (unpaired) electrons. The van der Waals surface area contributed by atoms with Gasteiger partial charge < -0.3 is 5.32 Å². The average molecular weight is 410 g/mol. The summed E-state index contributed by atoms with van der Waals surface area (Å²) in [7, 11) is -3.03. The van der Waals surface area contributed by atoms with E-state index in [1.54, 1.807) is 4.31 Å². The van der Waals surface area contributed by atoms with E-state index in [4.69, 9.17) is 0 Å². The summed E-state index contributed by atoms with van der Waals surface area (Å²) in [5, 5.41) is 4.57. The molecule has 0 atom stereocenters. The third kappa shape index (κ3) is 3.17. The van der Waals surface area contributed by atoms with E-state index in [9.17, 15) is 8.42 Å². The molecule has 1 aliphatic heterocycles. The smallest absolute Gasteiger partial charge is 0.216 e. The number of fused-ring (bicyclic) bond motifs is 1. The first-order valence-electron chi connectivity index (χ1n) is 8.34. The van der Waals surface area contributed by atoms with Gasteiger partial charge in [0.1, 0.15) is 0 Å². The summed E-state index contributed by atoms with van der Waals surface area (Å²) in [5.74, 6) is 0. The van der Waals surface area contributed by atoms with E-state index in [0.717, 1.165) is 46.7 Å². The van der Waals surface area contributed by atoms with E-state index in [0.29, 0.717) is 19.1 Å². The van der Waals surface area contributed by atoms with E-state index in [1.165, 1.54) is 0 Å². The molecule has 0 amide bonds. The number of hydrogen-bond acceptors (Lipinski definition) is 4. The molecule has 1 aliphatic carbocycles. The van der Waals surface area contributed by atoms with Crippen LogP contribution in [0.2, 0.25) is 0 Å². The minimum absolute atomic E-state index is 0.107. The topological polar surface area (TPSA) is 62.3 Å². The Morgan fingerprint density at radius 3 is 2.58 bits per heavy atom. The number of piperidine rings is 1. The summed E-state index contributed by atoms with van der Waals surface area (Å²) in [5.41, 5.74) is 2.01. The van der Waals surface area contributed by atoms with Crippen molar-refractivity contribution in [3.05, 3.63) is 34.9 Å². The van der Waals surface area contributed by atoms with Crippen molar-refractivity contribution in [3.63, 3.8) is 0 Å². The van der Waals surface area contributed by atoms with Crippen LogP contribution in [0.25, 0.3) is 10.9 Å². The molecule has 7 heteroatoms. The molecule has 0 spiro atoms. The van der Waals surface area contributed by atoms with Gasteiger partial charge in [0.05, 0.1) is 10.8 Å². The van der Waals surface area contributed by atoms with Crippen molar-refractivity contribution < 1.29 is 8.42 Å². The standard InChI is InChI=1S/C17H20BrN3O2S/c18-12-1-4-15-16(5-8-19-17(15)11-12)20-13-6-9-21(10-7-13)24(22,23)14-2-3-14/h1,4-5,8,11,13-14H,2-3,6-7,9-10H2,(H,19,20). The van der Waals surface area contributed by atoms with Gasteiger partial charge in [-0.15, -0.1) is 0 Å².